The van der Waals surface area contributed by atoms with Gasteiger partial charge in [-0.3, -0.25) is 0 Å². The summed E-state index contributed by atoms with van der Waals surface area (Å²) in [5, 5.41) is 3.28. The van der Waals surface area contributed by atoms with Crippen molar-refractivity contribution in [2.75, 3.05) is 5.32 Å². The van der Waals surface area contributed by atoms with Gasteiger partial charge in [0.05, 0.1) is 0 Å². The van der Waals surface area contributed by atoms with Crippen LogP contribution in [0.1, 0.15) is 12.0 Å². The number of rotatable bonds is 2. The molecule has 0 bridgehead atoms. The number of nitrogens with zero attached hydrogens (tertiary/aromatic N) is 1. The predicted octanol–water partition coefficient (Wildman–Crippen LogP) is 1.66. The van der Waals surface area contributed by atoms with Crippen LogP contribution in [0.2, 0.25) is 0 Å². The highest BCUT2D eigenvalue weighted by atomic mass is 79.9. The number of aryl methyl sites for hydroxylation is 1. The van der Waals surface area contributed by atoms with Crippen LogP contribution < -0.4 is 11.1 Å². The molecule has 0 amide bonds. The topological polar surface area (TPSA) is 50.9 Å². The van der Waals surface area contributed by atoms with E-state index in [1.54, 1.807) is 0 Å². The zero-order chi connectivity index (χ0) is 9.42. The molecule has 0 radical (unpaired) electrons. The summed E-state index contributed by atoms with van der Waals surface area (Å²) in [5.41, 5.74) is 6.87. The Labute approximate surface area is 85.9 Å². The quantitative estimate of drug-likeness (QED) is 0.829. The molecule has 2 atom stereocenters. The molecule has 1 heterocycles. The van der Waals surface area contributed by atoms with E-state index < -0.39 is 0 Å². The van der Waals surface area contributed by atoms with Crippen molar-refractivity contribution in [1.82, 2.24) is 4.98 Å². The van der Waals surface area contributed by atoms with Crippen molar-refractivity contribution in [2.45, 2.75) is 25.4 Å². The Morgan fingerprint density at radius 3 is 2.92 bits per heavy atom. The van der Waals surface area contributed by atoms with Crippen molar-refractivity contribution in [3.63, 3.8) is 0 Å². The first-order chi connectivity index (χ1) is 6.16. The van der Waals surface area contributed by atoms with Crippen LogP contribution in [0.25, 0.3) is 0 Å². The van der Waals surface area contributed by atoms with Gasteiger partial charge >= 0.3 is 0 Å². The van der Waals surface area contributed by atoms with Gasteiger partial charge in [-0.2, -0.15) is 0 Å². The summed E-state index contributed by atoms with van der Waals surface area (Å²) in [6.45, 7) is 2.05. The minimum Gasteiger partial charge on any atom is -0.366 e. The lowest BCUT2D eigenvalue weighted by molar-refractivity contribution is 0.995. The van der Waals surface area contributed by atoms with Gasteiger partial charge in [-0.15, -0.1) is 0 Å². The highest BCUT2D eigenvalue weighted by Gasteiger charge is 2.33. The Kier molecular flexibility index (Phi) is 2.26. The molecule has 70 valence electrons. The van der Waals surface area contributed by atoms with Gasteiger partial charge in [0.15, 0.2) is 0 Å². The standard InChI is InChI=1S/C9H12BrN3/c1-5-2-9(12-4-6(5)10)13-8-3-7(8)11/h2,4,7-8H,3,11H2,1H3,(H,12,13). The van der Waals surface area contributed by atoms with E-state index in [4.69, 9.17) is 5.73 Å². The summed E-state index contributed by atoms with van der Waals surface area (Å²) in [7, 11) is 0. The maximum atomic E-state index is 5.68. The number of aromatic nitrogens is 1. The molecule has 3 N–H and O–H groups in total. The second kappa shape index (κ2) is 3.27. The van der Waals surface area contributed by atoms with Crippen molar-refractivity contribution >= 4 is 21.7 Å². The van der Waals surface area contributed by atoms with E-state index in [-0.39, 0.29) is 0 Å². The first-order valence-corrected chi connectivity index (χ1v) is 5.10. The van der Waals surface area contributed by atoms with Crippen molar-refractivity contribution in [3.05, 3.63) is 22.3 Å². The van der Waals surface area contributed by atoms with Crippen molar-refractivity contribution < 1.29 is 0 Å². The summed E-state index contributed by atoms with van der Waals surface area (Å²) < 4.78 is 1.04. The fourth-order valence-electron chi connectivity index (χ4n) is 1.19. The van der Waals surface area contributed by atoms with Crippen LogP contribution in [0.3, 0.4) is 0 Å². The van der Waals surface area contributed by atoms with Gasteiger partial charge in [0, 0.05) is 22.8 Å². The predicted molar refractivity (Wildman–Crippen MR) is 56.7 cm³/mol. The van der Waals surface area contributed by atoms with E-state index in [0.29, 0.717) is 12.1 Å². The largest absolute Gasteiger partial charge is 0.366 e. The fraction of sp³-hybridized carbons (Fsp3) is 0.444. The highest BCUT2D eigenvalue weighted by Crippen LogP contribution is 2.24. The number of halogens is 1. The van der Waals surface area contributed by atoms with Gasteiger partial charge in [-0.25, -0.2) is 4.98 Å². The summed E-state index contributed by atoms with van der Waals surface area (Å²) in [6.07, 6.45) is 2.86. The number of nitrogens with two attached hydrogens (primary N) is 1. The summed E-state index contributed by atoms with van der Waals surface area (Å²) >= 11 is 3.41. The summed E-state index contributed by atoms with van der Waals surface area (Å²) in [6, 6.07) is 2.76. The molecule has 0 spiro atoms. The maximum absolute atomic E-state index is 5.68. The first-order valence-electron chi connectivity index (χ1n) is 4.31. The van der Waals surface area contributed by atoms with E-state index in [1.165, 1.54) is 5.56 Å². The number of nitrogens with one attached hydrogen (secondary N) is 1. The van der Waals surface area contributed by atoms with Crippen LogP contribution in [0.15, 0.2) is 16.7 Å². The lowest BCUT2D eigenvalue weighted by atomic mass is 10.3. The average Bonchev–Trinajstić information content (AvgIpc) is 2.75. The molecule has 2 unspecified atom stereocenters. The fourth-order valence-corrected chi connectivity index (χ4v) is 1.41. The minimum atomic E-state index is 0.311. The molecule has 1 aliphatic rings. The van der Waals surface area contributed by atoms with Crippen LogP contribution in [0, 0.1) is 6.92 Å². The smallest absolute Gasteiger partial charge is 0.126 e. The third kappa shape index (κ3) is 2.00. The van der Waals surface area contributed by atoms with E-state index in [0.717, 1.165) is 16.7 Å². The molecule has 1 saturated carbocycles. The van der Waals surface area contributed by atoms with Gasteiger partial charge in [-0.05, 0) is 40.9 Å². The van der Waals surface area contributed by atoms with E-state index in [1.807, 2.05) is 19.2 Å². The molecule has 0 aromatic carbocycles. The number of anilines is 1. The van der Waals surface area contributed by atoms with E-state index in [9.17, 15) is 0 Å². The highest BCUT2D eigenvalue weighted by molar-refractivity contribution is 9.10. The molecular formula is C9H12BrN3. The second-order valence-corrected chi connectivity index (χ2v) is 4.32. The Morgan fingerprint density at radius 2 is 2.38 bits per heavy atom. The van der Waals surface area contributed by atoms with Gasteiger partial charge in [-0.1, -0.05) is 0 Å². The second-order valence-electron chi connectivity index (χ2n) is 3.47. The molecule has 0 aliphatic heterocycles. The Hall–Kier alpha value is -0.610. The molecule has 4 heteroatoms. The SMILES string of the molecule is Cc1cc(NC2CC2N)ncc1Br. The van der Waals surface area contributed by atoms with Gasteiger partial charge < -0.3 is 11.1 Å². The lowest BCUT2D eigenvalue weighted by Crippen LogP contribution is -2.13. The Bertz CT molecular complexity index is 327. The van der Waals surface area contributed by atoms with E-state index in [2.05, 4.69) is 26.2 Å². The third-order valence-corrected chi connectivity index (χ3v) is 3.05. The van der Waals surface area contributed by atoms with Crippen molar-refractivity contribution in [2.24, 2.45) is 5.73 Å². The van der Waals surface area contributed by atoms with Gasteiger partial charge in [0.25, 0.3) is 0 Å². The normalized spacial score (nSPS) is 25.8. The molecule has 13 heavy (non-hydrogen) atoms. The van der Waals surface area contributed by atoms with Crippen LogP contribution in [0.5, 0.6) is 0 Å². The average molecular weight is 242 g/mol. The van der Waals surface area contributed by atoms with Gasteiger partial charge in [0.1, 0.15) is 5.82 Å². The van der Waals surface area contributed by atoms with Crippen molar-refractivity contribution in [3.8, 4) is 0 Å². The molecule has 1 aromatic rings. The van der Waals surface area contributed by atoms with Crippen molar-refractivity contribution in [1.29, 1.82) is 0 Å². The molecule has 0 saturated heterocycles. The monoisotopic (exact) mass is 241 g/mol. The molecule has 1 fully saturated rings. The molecule has 1 aromatic heterocycles. The van der Waals surface area contributed by atoms with E-state index >= 15 is 0 Å². The van der Waals surface area contributed by atoms with Crippen LogP contribution >= 0.6 is 15.9 Å². The zero-order valence-electron chi connectivity index (χ0n) is 7.42. The third-order valence-electron chi connectivity index (χ3n) is 2.22. The Balaban J connectivity index is 2.08. The first kappa shape index (κ1) is 8.97. The number of pyridine rings is 1. The molecule has 3 nitrogen and oxygen atoms in total. The summed E-state index contributed by atoms with van der Waals surface area (Å²) in [5.74, 6) is 0.915. The zero-order valence-corrected chi connectivity index (χ0v) is 9.01. The van der Waals surface area contributed by atoms with Gasteiger partial charge in [0.2, 0.25) is 0 Å². The number of hydrogen-bond donors (Lipinski definition) is 2. The minimum absolute atomic E-state index is 0.311. The Morgan fingerprint density at radius 1 is 1.69 bits per heavy atom. The van der Waals surface area contributed by atoms with Crippen LogP contribution in [0.4, 0.5) is 5.82 Å². The molecule has 1 aliphatic carbocycles. The van der Waals surface area contributed by atoms with Crippen LogP contribution in [-0.2, 0) is 0 Å². The number of hydrogen-bond acceptors (Lipinski definition) is 3. The molecular weight excluding hydrogens is 230 g/mol. The lowest BCUT2D eigenvalue weighted by Gasteiger charge is -2.05. The van der Waals surface area contributed by atoms with Crippen LogP contribution in [-0.4, -0.2) is 17.1 Å². The maximum Gasteiger partial charge on any atom is 0.126 e. The molecule has 2 rings (SSSR count). The summed E-state index contributed by atoms with van der Waals surface area (Å²) in [4.78, 5) is 4.24.